The summed E-state index contributed by atoms with van der Waals surface area (Å²) >= 11 is 2.58. The number of anilines is 1. The number of halogens is 1. The SMILES string of the molecule is N#Cc1c(NC(=O)CSc2nnnn2-c2ccccc2F)sc2c1CCCC2. The van der Waals surface area contributed by atoms with Crippen molar-refractivity contribution < 1.29 is 9.18 Å². The standard InChI is InChI=1S/C18H15FN6OS2/c19-13-6-2-3-7-14(13)25-18(22-23-24-25)27-10-16(26)21-17-12(9-20)11-5-1-4-8-15(11)28-17/h2-3,6-7H,1,4-5,8,10H2,(H,21,26). The highest BCUT2D eigenvalue weighted by Gasteiger charge is 2.22. The molecule has 0 spiro atoms. The Morgan fingerprint density at radius 1 is 1.36 bits per heavy atom. The molecular formula is C18H15FN6OS2. The van der Waals surface area contributed by atoms with Crippen LogP contribution in [-0.4, -0.2) is 31.9 Å². The topological polar surface area (TPSA) is 96.5 Å². The van der Waals surface area contributed by atoms with Gasteiger partial charge in [-0.05, 0) is 53.8 Å². The number of para-hydroxylation sites is 1. The van der Waals surface area contributed by atoms with Crippen molar-refractivity contribution in [3.63, 3.8) is 0 Å². The second kappa shape index (κ2) is 8.08. The van der Waals surface area contributed by atoms with Crippen LogP contribution in [0.3, 0.4) is 0 Å². The first kappa shape index (κ1) is 18.6. The third-order valence-corrected chi connectivity index (χ3v) is 6.52. The van der Waals surface area contributed by atoms with Gasteiger partial charge in [-0.25, -0.2) is 4.39 Å². The second-order valence-electron chi connectivity index (χ2n) is 6.19. The van der Waals surface area contributed by atoms with Crippen molar-refractivity contribution in [2.75, 3.05) is 11.1 Å². The smallest absolute Gasteiger partial charge is 0.235 e. The van der Waals surface area contributed by atoms with E-state index in [0.717, 1.165) is 43.0 Å². The summed E-state index contributed by atoms with van der Waals surface area (Å²) in [6.07, 6.45) is 4.02. The van der Waals surface area contributed by atoms with Crippen molar-refractivity contribution in [3.05, 3.63) is 46.1 Å². The highest BCUT2D eigenvalue weighted by molar-refractivity contribution is 7.99. The first-order chi connectivity index (χ1) is 13.7. The lowest BCUT2D eigenvalue weighted by Crippen LogP contribution is -2.14. The van der Waals surface area contributed by atoms with Crippen LogP contribution in [-0.2, 0) is 17.6 Å². The van der Waals surface area contributed by atoms with Gasteiger partial charge >= 0.3 is 0 Å². The zero-order valence-electron chi connectivity index (χ0n) is 14.7. The number of rotatable bonds is 5. The fourth-order valence-electron chi connectivity index (χ4n) is 3.11. The van der Waals surface area contributed by atoms with Gasteiger partial charge in [0.05, 0.1) is 11.3 Å². The van der Waals surface area contributed by atoms with E-state index in [2.05, 4.69) is 26.9 Å². The van der Waals surface area contributed by atoms with Gasteiger partial charge in [-0.1, -0.05) is 23.9 Å². The molecule has 0 unspecified atom stereocenters. The van der Waals surface area contributed by atoms with E-state index in [1.54, 1.807) is 18.2 Å². The third kappa shape index (κ3) is 3.63. The van der Waals surface area contributed by atoms with Gasteiger partial charge in [0.15, 0.2) is 0 Å². The zero-order valence-corrected chi connectivity index (χ0v) is 16.3. The van der Waals surface area contributed by atoms with Gasteiger partial charge in [-0.2, -0.15) is 9.94 Å². The maximum atomic E-state index is 14.0. The number of carbonyl (C=O) groups excluding carboxylic acids is 1. The van der Waals surface area contributed by atoms with E-state index in [0.29, 0.717) is 15.7 Å². The molecule has 1 N–H and O–H groups in total. The lowest BCUT2D eigenvalue weighted by Gasteiger charge is -2.09. The highest BCUT2D eigenvalue weighted by Crippen LogP contribution is 2.37. The van der Waals surface area contributed by atoms with E-state index in [4.69, 9.17) is 0 Å². The molecule has 1 amide bonds. The van der Waals surface area contributed by atoms with E-state index in [1.165, 1.54) is 27.0 Å². The van der Waals surface area contributed by atoms with Crippen LogP contribution in [0.4, 0.5) is 9.39 Å². The Hall–Kier alpha value is -2.77. The number of benzene rings is 1. The minimum atomic E-state index is -0.455. The molecule has 1 aromatic carbocycles. The largest absolute Gasteiger partial charge is 0.316 e. The van der Waals surface area contributed by atoms with Crippen LogP contribution in [0.1, 0.15) is 28.8 Å². The number of thiophene rings is 1. The van der Waals surface area contributed by atoms with Crippen molar-refractivity contribution in [2.24, 2.45) is 0 Å². The van der Waals surface area contributed by atoms with Gasteiger partial charge in [-0.3, -0.25) is 4.79 Å². The van der Waals surface area contributed by atoms with Gasteiger partial charge in [0, 0.05) is 4.88 Å². The number of hydrogen-bond acceptors (Lipinski definition) is 7. The van der Waals surface area contributed by atoms with Gasteiger partial charge in [-0.15, -0.1) is 16.4 Å². The molecule has 10 heteroatoms. The normalized spacial score (nSPS) is 13.0. The van der Waals surface area contributed by atoms with Gasteiger partial charge < -0.3 is 5.32 Å². The summed E-state index contributed by atoms with van der Waals surface area (Å²) in [7, 11) is 0. The summed E-state index contributed by atoms with van der Waals surface area (Å²) in [5.74, 6) is -0.672. The van der Waals surface area contributed by atoms with Crippen molar-refractivity contribution in [2.45, 2.75) is 30.8 Å². The quantitative estimate of drug-likeness (QED) is 0.643. The molecule has 1 aliphatic rings. The molecule has 0 aliphatic heterocycles. The number of amides is 1. The Morgan fingerprint density at radius 3 is 3.00 bits per heavy atom. The molecule has 2 aromatic heterocycles. The Bertz CT molecular complexity index is 1070. The maximum absolute atomic E-state index is 14.0. The Balaban J connectivity index is 1.46. The molecular weight excluding hydrogens is 399 g/mol. The minimum absolute atomic E-state index is 0.0439. The predicted molar refractivity (Wildman–Crippen MR) is 104 cm³/mol. The first-order valence-corrected chi connectivity index (χ1v) is 10.5. The number of thioether (sulfide) groups is 1. The zero-order chi connectivity index (χ0) is 19.5. The van der Waals surface area contributed by atoms with Crippen LogP contribution in [0.25, 0.3) is 5.69 Å². The van der Waals surface area contributed by atoms with Crippen LogP contribution >= 0.6 is 23.1 Å². The fraction of sp³-hybridized carbons (Fsp3) is 0.278. The average molecular weight is 414 g/mol. The van der Waals surface area contributed by atoms with Crippen molar-refractivity contribution in [3.8, 4) is 11.8 Å². The predicted octanol–water partition coefficient (Wildman–Crippen LogP) is 3.34. The molecule has 1 aliphatic carbocycles. The number of aromatic nitrogens is 4. The van der Waals surface area contributed by atoms with Gasteiger partial charge in [0.2, 0.25) is 11.1 Å². The molecule has 28 heavy (non-hydrogen) atoms. The summed E-state index contributed by atoms with van der Waals surface area (Å²) in [4.78, 5) is 13.6. The van der Waals surface area contributed by atoms with E-state index in [-0.39, 0.29) is 17.3 Å². The van der Waals surface area contributed by atoms with E-state index in [9.17, 15) is 14.4 Å². The van der Waals surface area contributed by atoms with Crippen LogP contribution in [0, 0.1) is 17.1 Å². The molecule has 7 nitrogen and oxygen atoms in total. The van der Waals surface area contributed by atoms with Crippen LogP contribution in [0.5, 0.6) is 0 Å². The molecule has 0 saturated carbocycles. The lowest BCUT2D eigenvalue weighted by molar-refractivity contribution is -0.113. The number of aryl methyl sites for hydroxylation is 1. The fourth-order valence-corrected chi connectivity index (χ4v) is 5.05. The summed E-state index contributed by atoms with van der Waals surface area (Å²) in [5, 5.41) is 24.5. The van der Waals surface area contributed by atoms with Crippen molar-refractivity contribution in [1.29, 1.82) is 5.26 Å². The summed E-state index contributed by atoms with van der Waals surface area (Å²) < 4.78 is 15.2. The first-order valence-electron chi connectivity index (χ1n) is 8.68. The molecule has 142 valence electrons. The van der Waals surface area contributed by atoms with Crippen LogP contribution in [0.15, 0.2) is 29.4 Å². The number of nitriles is 1. The van der Waals surface area contributed by atoms with E-state index in [1.807, 2.05) is 0 Å². The number of carbonyl (C=O) groups is 1. The molecule has 4 rings (SSSR count). The average Bonchev–Trinajstić information content (AvgIpc) is 3.30. The summed E-state index contributed by atoms with van der Waals surface area (Å²) in [6.45, 7) is 0. The minimum Gasteiger partial charge on any atom is -0.316 e. The number of nitrogens with zero attached hydrogens (tertiary/aromatic N) is 5. The lowest BCUT2D eigenvalue weighted by atomic mass is 9.96. The second-order valence-corrected chi connectivity index (χ2v) is 8.24. The number of tetrazole rings is 1. The van der Waals surface area contributed by atoms with Crippen LogP contribution < -0.4 is 5.32 Å². The molecule has 0 fully saturated rings. The Labute approximate surface area is 168 Å². The van der Waals surface area contributed by atoms with Crippen LogP contribution in [0.2, 0.25) is 0 Å². The molecule has 2 heterocycles. The van der Waals surface area contributed by atoms with E-state index < -0.39 is 5.82 Å². The van der Waals surface area contributed by atoms with E-state index >= 15 is 0 Å². The molecule has 3 aromatic rings. The monoisotopic (exact) mass is 414 g/mol. The Morgan fingerprint density at radius 2 is 2.18 bits per heavy atom. The molecule has 0 bridgehead atoms. The van der Waals surface area contributed by atoms with Gasteiger partial charge in [0.25, 0.3) is 0 Å². The van der Waals surface area contributed by atoms with Crippen molar-refractivity contribution in [1.82, 2.24) is 20.2 Å². The molecule has 0 radical (unpaired) electrons. The Kier molecular flexibility index (Phi) is 5.36. The third-order valence-electron chi connectivity index (χ3n) is 4.39. The number of nitrogens with one attached hydrogen (secondary N) is 1. The molecule has 0 atom stereocenters. The number of fused-ring (bicyclic) bond motifs is 1. The van der Waals surface area contributed by atoms with Gasteiger partial charge in [0.1, 0.15) is 22.6 Å². The highest BCUT2D eigenvalue weighted by atomic mass is 32.2. The summed E-state index contributed by atoms with van der Waals surface area (Å²) in [6, 6.07) is 8.37. The number of hydrogen-bond donors (Lipinski definition) is 1. The van der Waals surface area contributed by atoms with Crippen molar-refractivity contribution >= 4 is 34.0 Å². The molecule has 0 saturated heterocycles. The maximum Gasteiger partial charge on any atom is 0.235 e. The summed E-state index contributed by atoms with van der Waals surface area (Å²) in [5.41, 5.74) is 1.87.